The molecule has 3 unspecified atom stereocenters. The highest BCUT2D eigenvalue weighted by Gasteiger charge is 2.40. The lowest BCUT2D eigenvalue weighted by molar-refractivity contribution is 0.0793. The Morgan fingerprint density at radius 1 is 1.19 bits per heavy atom. The molecule has 2 aliphatic rings. The van der Waals surface area contributed by atoms with Crippen LogP contribution in [-0.2, 0) is 11.2 Å². The number of unbranched alkanes of at least 4 members (excludes halogenated alkanes) is 1. The third-order valence-corrected chi connectivity index (χ3v) is 4.99. The van der Waals surface area contributed by atoms with Crippen molar-refractivity contribution >= 4 is 0 Å². The number of benzene rings is 1. The van der Waals surface area contributed by atoms with E-state index in [1.165, 1.54) is 49.7 Å². The molecule has 0 bridgehead atoms. The van der Waals surface area contributed by atoms with Crippen molar-refractivity contribution in [2.45, 2.75) is 70.6 Å². The van der Waals surface area contributed by atoms with Crippen molar-refractivity contribution in [1.29, 1.82) is 0 Å². The third kappa shape index (κ3) is 3.87. The maximum atomic E-state index is 5.93. The standard InChI is InChI=1S/C19H29NO/c1-3-4-5-15-6-8-16(9-7-15)14(2)20-18-12-13-21-19(18)17-10-11-17/h6-9,14,17-20H,3-5,10-13H2,1-2H3. The average Bonchev–Trinajstić information content (AvgIpc) is 3.26. The van der Waals surface area contributed by atoms with E-state index in [1.807, 2.05) is 0 Å². The maximum absolute atomic E-state index is 5.93. The van der Waals surface area contributed by atoms with E-state index in [1.54, 1.807) is 0 Å². The van der Waals surface area contributed by atoms with Crippen LogP contribution in [0.15, 0.2) is 24.3 Å². The highest BCUT2D eigenvalue weighted by Crippen LogP contribution is 2.39. The molecule has 3 rings (SSSR count). The monoisotopic (exact) mass is 287 g/mol. The van der Waals surface area contributed by atoms with Crippen LogP contribution in [0.5, 0.6) is 0 Å². The summed E-state index contributed by atoms with van der Waals surface area (Å²) in [6, 6.07) is 10.2. The van der Waals surface area contributed by atoms with E-state index in [-0.39, 0.29) is 0 Å². The fraction of sp³-hybridized carbons (Fsp3) is 0.684. The van der Waals surface area contributed by atoms with Crippen LogP contribution in [0.1, 0.15) is 63.1 Å². The van der Waals surface area contributed by atoms with Gasteiger partial charge in [-0.05, 0) is 56.1 Å². The number of aryl methyl sites for hydroxylation is 1. The second kappa shape index (κ2) is 6.93. The molecule has 1 aromatic carbocycles. The number of hydrogen-bond donors (Lipinski definition) is 1. The molecule has 1 saturated heterocycles. The Hall–Kier alpha value is -0.860. The third-order valence-electron chi connectivity index (χ3n) is 4.99. The Labute approximate surface area is 129 Å². The van der Waals surface area contributed by atoms with E-state index < -0.39 is 0 Å². The van der Waals surface area contributed by atoms with Crippen LogP contribution >= 0.6 is 0 Å². The van der Waals surface area contributed by atoms with Crippen molar-refractivity contribution in [2.75, 3.05) is 6.61 Å². The smallest absolute Gasteiger partial charge is 0.0757 e. The molecule has 1 aromatic rings. The van der Waals surface area contributed by atoms with Crippen LogP contribution in [0, 0.1) is 5.92 Å². The van der Waals surface area contributed by atoms with Crippen molar-refractivity contribution in [2.24, 2.45) is 5.92 Å². The fourth-order valence-electron chi connectivity index (χ4n) is 3.45. The summed E-state index contributed by atoms with van der Waals surface area (Å²) in [5.41, 5.74) is 2.87. The SMILES string of the molecule is CCCCc1ccc(C(C)NC2CCOC2C2CC2)cc1. The van der Waals surface area contributed by atoms with Crippen LogP contribution in [0.2, 0.25) is 0 Å². The van der Waals surface area contributed by atoms with Gasteiger partial charge in [-0.25, -0.2) is 0 Å². The Bertz CT molecular complexity index is 437. The van der Waals surface area contributed by atoms with Gasteiger partial charge < -0.3 is 10.1 Å². The molecule has 2 fully saturated rings. The summed E-state index contributed by atoms with van der Waals surface area (Å²) in [5.74, 6) is 0.827. The number of hydrogen-bond acceptors (Lipinski definition) is 2. The Morgan fingerprint density at radius 3 is 2.62 bits per heavy atom. The molecule has 1 heterocycles. The fourth-order valence-corrected chi connectivity index (χ4v) is 3.45. The van der Waals surface area contributed by atoms with Gasteiger partial charge in [0.2, 0.25) is 0 Å². The van der Waals surface area contributed by atoms with Gasteiger partial charge in [0.05, 0.1) is 6.10 Å². The average molecular weight is 287 g/mol. The van der Waals surface area contributed by atoms with Gasteiger partial charge in [-0.1, -0.05) is 37.6 Å². The highest BCUT2D eigenvalue weighted by atomic mass is 16.5. The zero-order chi connectivity index (χ0) is 14.7. The number of rotatable bonds is 7. The first kappa shape index (κ1) is 15.1. The second-order valence-electron chi connectivity index (χ2n) is 6.80. The van der Waals surface area contributed by atoms with E-state index in [0.717, 1.165) is 12.5 Å². The molecule has 2 heteroatoms. The van der Waals surface area contributed by atoms with E-state index in [9.17, 15) is 0 Å². The van der Waals surface area contributed by atoms with Crippen LogP contribution < -0.4 is 5.32 Å². The largest absolute Gasteiger partial charge is 0.376 e. The van der Waals surface area contributed by atoms with Crippen molar-refractivity contribution in [3.05, 3.63) is 35.4 Å². The topological polar surface area (TPSA) is 21.3 Å². The lowest BCUT2D eigenvalue weighted by Gasteiger charge is -2.24. The minimum atomic E-state index is 0.415. The van der Waals surface area contributed by atoms with Crippen LogP contribution in [-0.4, -0.2) is 18.8 Å². The molecule has 116 valence electrons. The van der Waals surface area contributed by atoms with Crippen molar-refractivity contribution in [3.8, 4) is 0 Å². The number of ether oxygens (including phenoxy) is 1. The Kier molecular flexibility index (Phi) is 4.97. The summed E-state index contributed by atoms with van der Waals surface area (Å²) in [6.07, 6.45) is 8.13. The molecule has 1 aliphatic heterocycles. The zero-order valence-corrected chi connectivity index (χ0v) is 13.5. The van der Waals surface area contributed by atoms with Gasteiger partial charge in [-0.15, -0.1) is 0 Å². The Morgan fingerprint density at radius 2 is 1.95 bits per heavy atom. The van der Waals surface area contributed by atoms with Crippen molar-refractivity contribution in [1.82, 2.24) is 5.32 Å². The van der Waals surface area contributed by atoms with Crippen LogP contribution in [0.25, 0.3) is 0 Å². The predicted octanol–water partition coefficient (Wildman–Crippen LogP) is 4.25. The summed E-state index contributed by atoms with van der Waals surface area (Å²) < 4.78 is 5.93. The van der Waals surface area contributed by atoms with Crippen LogP contribution in [0.3, 0.4) is 0 Å². The molecule has 0 amide bonds. The Balaban J connectivity index is 1.55. The molecule has 21 heavy (non-hydrogen) atoms. The molecule has 1 saturated carbocycles. The molecular formula is C19H29NO. The normalized spacial score (nSPS) is 27.0. The molecule has 0 aromatic heterocycles. The van der Waals surface area contributed by atoms with E-state index in [2.05, 4.69) is 43.4 Å². The molecule has 1 aliphatic carbocycles. The minimum absolute atomic E-state index is 0.415. The molecule has 1 N–H and O–H groups in total. The van der Waals surface area contributed by atoms with Crippen LogP contribution in [0.4, 0.5) is 0 Å². The van der Waals surface area contributed by atoms with Gasteiger partial charge in [0.25, 0.3) is 0 Å². The van der Waals surface area contributed by atoms with Gasteiger partial charge >= 0.3 is 0 Å². The van der Waals surface area contributed by atoms with Crippen molar-refractivity contribution < 1.29 is 4.74 Å². The second-order valence-corrected chi connectivity index (χ2v) is 6.80. The van der Waals surface area contributed by atoms with E-state index in [0.29, 0.717) is 18.2 Å². The molecule has 0 radical (unpaired) electrons. The predicted molar refractivity (Wildman–Crippen MR) is 87.5 cm³/mol. The lowest BCUT2D eigenvalue weighted by atomic mass is 10.0. The van der Waals surface area contributed by atoms with Gasteiger partial charge in [-0.2, -0.15) is 0 Å². The highest BCUT2D eigenvalue weighted by molar-refractivity contribution is 5.25. The lowest BCUT2D eigenvalue weighted by Crippen LogP contribution is -2.39. The summed E-state index contributed by atoms with van der Waals surface area (Å²) >= 11 is 0. The molecule has 2 nitrogen and oxygen atoms in total. The summed E-state index contributed by atoms with van der Waals surface area (Å²) in [5, 5.41) is 3.80. The summed E-state index contributed by atoms with van der Waals surface area (Å²) in [4.78, 5) is 0. The van der Waals surface area contributed by atoms with Gasteiger partial charge in [0.15, 0.2) is 0 Å². The van der Waals surface area contributed by atoms with Gasteiger partial charge in [0.1, 0.15) is 0 Å². The minimum Gasteiger partial charge on any atom is -0.376 e. The summed E-state index contributed by atoms with van der Waals surface area (Å²) in [7, 11) is 0. The van der Waals surface area contributed by atoms with Gasteiger partial charge in [0, 0.05) is 18.7 Å². The van der Waals surface area contributed by atoms with E-state index >= 15 is 0 Å². The first-order valence-corrected chi connectivity index (χ1v) is 8.74. The van der Waals surface area contributed by atoms with Gasteiger partial charge in [-0.3, -0.25) is 0 Å². The quantitative estimate of drug-likeness (QED) is 0.809. The first-order chi connectivity index (χ1) is 10.3. The van der Waals surface area contributed by atoms with Crippen molar-refractivity contribution in [3.63, 3.8) is 0 Å². The molecular weight excluding hydrogens is 258 g/mol. The first-order valence-electron chi connectivity index (χ1n) is 8.74. The summed E-state index contributed by atoms with van der Waals surface area (Å²) in [6.45, 7) is 5.46. The van der Waals surface area contributed by atoms with E-state index in [4.69, 9.17) is 4.74 Å². The molecule has 0 spiro atoms. The molecule has 3 atom stereocenters. The zero-order valence-electron chi connectivity index (χ0n) is 13.5. The number of nitrogens with one attached hydrogen (secondary N) is 1. The maximum Gasteiger partial charge on any atom is 0.0757 e.